The third-order valence-electron chi connectivity index (χ3n) is 2.52. The van der Waals surface area contributed by atoms with Crippen molar-refractivity contribution in [3.63, 3.8) is 0 Å². The van der Waals surface area contributed by atoms with Crippen molar-refractivity contribution in [2.24, 2.45) is 0 Å². The van der Waals surface area contributed by atoms with Gasteiger partial charge in [0.2, 0.25) is 0 Å². The molecule has 18 heavy (non-hydrogen) atoms. The van der Waals surface area contributed by atoms with Gasteiger partial charge in [-0.05, 0) is 58.8 Å². The molecule has 6 heteroatoms. The highest BCUT2D eigenvalue weighted by molar-refractivity contribution is 9.10. The molecule has 0 spiro atoms. The fourth-order valence-corrected chi connectivity index (χ4v) is 2.16. The van der Waals surface area contributed by atoms with Crippen LogP contribution in [0.3, 0.4) is 0 Å². The first-order chi connectivity index (χ1) is 8.52. The average Bonchev–Trinajstić information content (AvgIpc) is 2.73. The summed E-state index contributed by atoms with van der Waals surface area (Å²) in [4.78, 5) is 0. The summed E-state index contributed by atoms with van der Waals surface area (Å²) in [5.74, 6) is -0.650. The number of nitrogens with one attached hydrogen (secondary N) is 1. The number of rotatable bonds is 3. The van der Waals surface area contributed by atoms with Crippen molar-refractivity contribution in [1.82, 2.24) is 5.32 Å². The molecule has 0 fully saturated rings. The molecule has 1 heterocycles. The van der Waals surface area contributed by atoms with E-state index in [-0.39, 0.29) is 15.3 Å². The molecule has 1 aromatic carbocycles. The highest BCUT2D eigenvalue weighted by atomic mass is 79.9. The fraction of sp³-hybridized carbons (Fsp3) is 0.167. The summed E-state index contributed by atoms with van der Waals surface area (Å²) in [6, 6.07) is 4.77. The van der Waals surface area contributed by atoms with Crippen LogP contribution >= 0.6 is 27.5 Å². The second kappa shape index (κ2) is 5.38. The van der Waals surface area contributed by atoms with E-state index in [1.807, 2.05) is 0 Å². The Bertz CT molecular complexity index is 573. The van der Waals surface area contributed by atoms with Crippen LogP contribution in [0, 0.1) is 11.6 Å². The van der Waals surface area contributed by atoms with Gasteiger partial charge in [0.25, 0.3) is 0 Å². The lowest BCUT2D eigenvalue weighted by atomic mass is 10.0. The highest BCUT2D eigenvalue weighted by Crippen LogP contribution is 2.30. The molecule has 0 bridgehead atoms. The minimum atomic E-state index is -0.597. The Hall–Kier alpha value is -0.910. The molecule has 1 aromatic heterocycles. The van der Waals surface area contributed by atoms with Crippen molar-refractivity contribution in [2.45, 2.75) is 6.04 Å². The molecular formula is C12H9BrClF2NO. The van der Waals surface area contributed by atoms with Gasteiger partial charge in [0.15, 0.2) is 5.22 Å². The molecule has 1 atom stereocenters. The van der Waals surface area contributed by atoms with Gasteiger partial charge in [-0.15, -0.1) is 0 Å². The fourth-order valence-electron chi connectivity index (χ4n) is 1.69. The zero-order chi connectivity index (χ0) is 13.3. The van der Waals surface area contributed by atoms with Gasteiger partial charge < -0.3 is 9.73 Å². The molecule has 0 saturated carbocycles. The SMILES string of the molecule is CNC(c1ccc(Cl)o1)c1cc(F)c(Br)cc1F. The summed E-state index contributed by atoms with van der Waals surface area (Å²) in [5, 5.41) is 3.06. The van der Waals surface area contributed by atoms with Crippen molar-refractivity contribution in [3.8, 4) is 0 Å². The van der Waals surface area contributed by atoms with Crippen LogP contribution in [-0.2, 0) is 0 Å². The van der Waals surface area contributed by atoms with E-state index in [0.29, 0.717) is 5.76 Å². The molecule has 0 amide bonds. The first-order valence-electron chi connectivity index (χ1n) is 5.10. The van der Waals surface area contributed by atoms with E-state index in [0.717, 1.165) is 12.1 Å². The monoisotopic (exact) mass is 335 g/mol. The van der Waals surface area contributed by atoms with Crippen LogP contribution in [0.15, 0.2) is 33.2 Å². The Morgan fingerprint density at radius 1 is 1.28 bits per heavy atom. The van der Waals surface area contributed by atoms with E-state index in [9.17, 15) is 8.78 Å². The van der Waals surface area contributed by atoms with Crippen LogP contribution in [0.4, 0.5) is 8.78 Å². The minimum Gasteiger partial charge on any atom is -0.448 e. The third kappa shape index (κ3) is 2.58. The normalized spacial score (nSPS) is 12.7. The summed E-state index contributed by atoms with van der Waals surface area (Å²) >= 11 is 8.61. The second-order valence-corrected chi connectivity index (χ2v) is 4.88. The van der Waals surface area contributed by atoms with Gasteiger partial charge in [-0.3, -0.25) is 0 Å². The molecule has 0 radical (unpaired) electrons. The number of furan rings is 1. The molecule has 2 aromatic rings. The van der Waals surface area contributed by atoms with Crippen molar-refractivity contribution < 1.29 is 13.2 Å². The maximum Gasteiger partial charge on any atom is 0.193 e. The first kappa shape index (κ1) is 13.5. The van der Waals surface area contributed by atoms with Crippen molar-refractivity contribution >= 4 is 27.5 Å². The van der Waals surface area contributed by atoms with E-state index in [4.69, 9.17) is 16.0 Å². The molecule has 0 aliphatic rings. The predicted molar refractivity (Wildman–Crippen MR) is 68.7 cm³/mol. The quantitative estimate of drug-likeness (QED) is 0.846. The molecule has 0 aliphatic carbocycles. The summed E-state index contributed by atoms with van der Waals surface area (Å²) in [5.41, 5.74) is 0.157. The first-order valence-corrected chi connectivity index (χ1v) is 6.27. The summed E-state index contributed by atoms with van der Waals surface area (Å²) < 4.78 is 32.6. The van der Waals surface area contributed by atoms with Crippen molar-refractivity contribution in [2.75, 3.05) is 7.05 Å². The van der Waals surface area contributed by atoms with Crippen LogP contribution < -0.4 is 5.32 Å². The van der Waals surface area contributed by atoms with Gasteiger partial charge in [-0.2, -0.15) is 0 Å². The minimum absolute atomic E-state index is 0.0797. The van der Waals surface area contributed by atoms with E-state index in [2.05, 4.69) is 21.2 Å². The van der Waals surface area contributed by atoms with Gasteiger partial charge in [0, 0.05) is 5.56 Å². The number of benzene rings is 1. The summed E-state index contributed by atoms with van der Waals surface area (Å²) in [6.45, 7) is 0. The van der Waals surface area contributed by atoms with Crippen LogP contribution in [0.2, 0.25) is 5.22 Å². The van der Waals surface area contributed by atoms with E-state index >= 15 is 0 Å². The number of hydrogen-bond acceptors (Lipinski definition) is 2. The van der Waals surface area contributed by atoms with Crippen molar-refractivity contribution in [1.29, 1.82) is 0 Å². The molecule has 1 N–H and O–H groups in total. The Labute approximate surface area is 116 Å². The predicted octanol–water partition coefficient (Wildman–Crippen LogP) is 4.28. The molecular weight excluding hydrogens is 327 g/mol. The number of halogens is 4. The topological polar surface area (TPSA) is 25.2 Å². The van der Waals surface area contributed by atoms with Gasteiger partial charge in [0.05, 0.1) is 10.5 Å². The van der Waals surface area contributed by atoms with Crippen LogP contribution in [0.1, 0.15) is 17.4 Å². The Balaban J connectivity index is 2.48. The lowest BCUT2D eigenvalue weighted by Gasteiger charge is -2.15. The molecule has 96 valence electrons. The Kier molecular flexibility index (Phi) is 4.04. The second-order valence-electron chi connectivity index (χ2n) is 3.65. The Morgan fingerprint density at radius 2 is 2.00 bits per heavy atom. The summed E-state index contributed by atoms with van der Waals surface area (Å²) in [6.07, 6.45) is 0. The van der Waals surface area contributed by atoms with E-state index in [1.54, 1.807) is 19.2 Å². The smallest absolute Gasteiger partial charge is 0.193 e. The van der Waals surface area contributed by atoms with Gasteiger partial charge in [-0.25, -0.2) is 8.78 Å². The average molecular weight is 337 g/mol. The molecule has 2 rings (SSSR count). The maximum absolute atomic E-state index is 13.8. The largest absolute Gasteiger partial charge is 0.448 e. The van der Waals surface area contributed by atoms with Crippen LogP contribution in [-0.4, -0.2) is 7.05 Å². The number of hydrogen-bond donors (Lipinski definition) is 1. The highest BCUT2D eigenvalue weighted by Gasteiger charge is 2.21. The van der Waals surface area contributed by atoms with Gasteiger partial charge in [0.1, 0.15) is 17.4 Å². The van der Waals surface area contributed by atoms with E-state index in [1.165, 1.54) is 0 Å². The van der Waals surface area contributed by atoms with Crippen LogP contribution in [0.25, 0.3) is 0 Å². The molecule has 2 nitrogen and oxygen atoms in total. The summed E-state index contributed by atoms with van der Waals surface area (Å²) in [7, 11) is 1.63. The maximum atomic E-state index is 13.8. The van der Waals surface area contributed by atoms with E-state index < -0.39 is 17.7 Å². The standard InChI is InChI=1S/C12H9BrClF2NO/c1-17-12(10-2-3-11(14)18-10)6-4-9(16)7(13)5-8(6)15/h2-5,12,17H,1H3. The molecule has 0 saturated heterocycles. The third-order valence-corrected chi connectivity index (χ3v) is 3.33. The zero-order valence-corrected chi connectivity index (χ0v) is 11.6. The molecule has 1 unspecified atom stereocenters. The Morgan fingerprint density at radius 3 is 2.56 bits per heavy atom. The van der Waals surface area contributed by atoms with Crippen molar-refractivity contribution in [3.05, 3.63) is 56.9 Å². The zero-order valence-electron chi connectivity index (χ0n) is 9.31. The van der Waals surface area contributed by atoms with Gasteiger partial charge in [-0.1, -0.05) is 0 Å². The lowest BCUT2D eigenvalue weighted by Crippen LogP contribution is -2.18. The van der Waals surface area contributed by atoms with Crippen LogP contribution in [0.5, 0.6) is 0 Å². The lowest BCUT2D eigenvalue weighted by molar-refractivity contribution is 0.451. The molecule has 0 aliphatic heterocycles. The van der Waals surface area contributed by atoms with Gasteiger partial charge >= 0.3 is 0 Å².